The zero-order valence-corrected chi connectivity index (χ0v) is 14.3. The van der Waals surface area contributed by atoms with E-state index in [2.05, 4.69) is 20.9 Å². The number of carbonyl (C=O) groups excluding carboxylic acids is 1. The standard InChI is InChI=1S/C12H17BrN2O3.C2H6/c1-12(2,11(16)17-3)7-18-9-6-8(13)4-5-15-10(9)14;1-2/h4,6H,5,7H2,1-3H3,(H2,14,15);1-2H3. The van der Waals surface area contributed by atoms with Gasteiger partial charge in [-0.15, -0.1) is 0 Å². The number of esters is 1. The second-order valence-electron chi connectivity index (χ2n) is 4.49. The Morgan fingerprint density at radius 3 is 2.65 bits per heavy atom. The molecule has 0 unspecified atom stereocenters. The van der Waals surface area contributed by atoms with E-state index in [0.29, 0.717) is 18.1 Å². The molecule has 5 nitrogen and oxygen atoms in total. The van der Waals surface area contributed by atoms with Gasteiger partial charge in [0.1, 0.15) is 6.61 Å². The summed E-state index contributed by atoms with van der Waals surface area (Å²) in [6.07, 6.45) is 3.61. The fraction of sp³-hybridized carbons (Fsp3) is 0.571. The van der Waals surface area contributed by atoms with E-state index in [0.717, 1.165) is 4.48 Å². The predicted molar refractivity (Wildman–Crippen MR) is 84.7 cm³/mol. The van der Waals surface area contributed by atoms with Gasteiger partial charge in [-0.3, -0.25) is 9.79 Å². The average molecular weight is 347 g/mol. The summed E-state index contributed by atoms with van der Waals surface area (Å²) in [6.45, 7) is 8.15. The second kappa shape index (κ2) is 8.79. The van der Waals surface area contributed by atoms with Crippen LogP contribution in [0.1, 0.15) is 27.7 Å². The number of hydrogen-bond acceptors (Lipinski definition) is 5. The van der Waals surface area contributed by atoms with Gasteiger partial charge in [0.2, 0.25) is 0 Å². The van der Waals surface area contributed by atoms with Gasteiger partial charge in [0.05, 0.1) is 19.1 Å². The van der Waals surface area contributed by atoms with Gasteiger partial charge in [-0.25, -0.2) is 0 Å². The molecule has 0 aromatic carbocycles. The maximum atomic E-state index is 11.5. The Kier molecular flexibility index (Phi) is 8.22. The van der Waals surface area contributed by atoms with E-state index in [9.17, 15) is 4.79 Å². The van der Waals surface area contributed by atoms with E-state index < -0.39 is 5.41 Å². The monoisotopic (exact) mass is 346 g/mol. The van der Waals surface area contributed by atoms with Crippen LogP contribution < -0.4 is 5.73 Å². The van der Waals surface area contributed by atoms with Crippen molar-refractivity contribution in [1.82, 2.24) is 0 Å². The molecule has 0 amide bonds. The molecule has 1 rings (SSSR count). The van der Waals surface area contributed by atoms with Gasteiger partial charge in [0.15, 0.2) is 11.6 Å². The van der Waals surface area contributed by atoms with Crippen LogP contribution in [-0.2, 0) is 14.3 Å². The lowest BCUT2D eigenvalue weighted by atomic mass is 9.95. The van der Waals surface area contributed by atoms with Crippen molar-refractivity contribution in [2.24, 2.45) is 16.1 Å². The van der Waals surface area contributed by atoms with Crippen LogP contribution in [-0.4, -0.2) is 32.1 Å². The summed E-state index contributed by atoms with van der Waals surface area (Å²) in [4.78, 5) is 15.6. The minimum atomic E-state index is -0.738. The zero-order valence-electron chi connectivity index (χ0n) is 12.7. The summed E-state index contributed by atoms with van der Waals surface area (Å²) in [5.74, 6) is 0.441. The first-order valence-electron chi connectivity index (χ1n) is 6.45. The van der Waals surface area contributed by atoms with Gasteiger partial charge in [0, 0.05) is 4.48 Å². The fourth-order valence-electron chi connectivity index (χ4n) is 1.28. The maximum Gasteiger partial charge on any atom is 0.314 e. The smallest absolute Gasteiger partial charge is 0.314 e. The molecule has 114 valence electrons. The van der Waals surface area contributed by atoms with E-state index in [4.69, 9.17) is 15.2 Å². The molecule has 0 fully saturated rings. The first kappa shape index (κ1) is 18.7. The van der Waals surface area contributed by atoms with Crippen molar-refractivity contribution in [2.75, 3.05) is 20.3 Å². The first-order chi connectivity index (χ1) is 9.36. The number of hydrogen-bond donors (Lipinski definition) is 1. The minimum absolute atomic E-state index is 0.169. The van der Waals surface area contributed by atoms with Crippen LogP contribution >= 0.6 is 15.9 Å². The highest BCUT2D eigenvalue weighted by Crippen LogP contribution is 2.21. The van der Waals surface area contributed by atoms with Crippen LogP contribution in [0.3, 0.4) is 0 Å². The number of nitrogens with two attached hydrogens (primary N) is 1. The third kappa shape index (κ3) is 5.77. The lowest BCUT2D eigenvalue weighted by Crippen LogP contribution is -2.32. The number of halogens is 1. The summed E-state index contributed by atoms with van der Waals surface area (Å²) in [5.41, 5.74) is 5.03. The molecule has 0 saturated carbocycles. The number of allylic oxidation sites excluding steroid dienone is 2. The first-order valence-corrected chi connectivity index (χ1v) is 7.25. The van der Waals surface area contributed by atoms with Crippen molar-refractivity contribution in [2.45, 2.75) is 27.7 Å². The second-order valence-corrected chi connectivity index (χ2v) is 5.40. The van der Waals surface area contributed by atoms with Gasteiger partial charge < -0.3 is 15.2 Å². The Balaban J connectivity index is 0.00000172. The number of methoxy groups -OCH3 is 1. The largest absolute Gasteiger partial charge is 0.489 e. The van der Waals surface area contributed by atoms with Crippen LogP contribution in [0.5, 0.6) is 0 Å². The Labute approximate surface area is 129 Å². The molecule has 0 bridgehead atoms. The van der Waals surface area contributed by atoms with Crippen LogP contribution in [0.2, 0.25) is 0 Å². The minimum Gasteiger partial charge on any atom is -0.489 e. The molecule has 0 saturated heterocycles. The number of carbonyl (C=O) groups is 1. The highest BCUT2D eigenvalue weighted by molar-refractivity contribution is 9.11. The molecule has 20 heavy (non-hydrogen) atoms. The van der Waals surface area contributed by atoms with Crippen LogP contribution in [0.4, 0.5) is 0 Å². The summed E-state index contributed by atoms with van der Waals surface area (Å²) in [7, 11) is 1.35. The van der Waals surface area contributed by atoms with Gasteiger partial charge >= 0.3 is 5.97 Å². The van der Waals surface area contributed by atoms with Gasteiger partial charge in [-0.05, 0) is 26.0 Å². The number of amidine groups is 1. The van der Waals surface area contributed by atoms with Crippen molar-refractivity contribution in [3.8, 4) is 0 Å². The Morgan fingerprint density at radius 1 is 1.50 bits per heavy atom. The molecule has 0 radical (unpaired) electrons. The zero-order chi connectivity index (χ0) is 15.8. The summed E-state index contributed by atoms with van der Waals surface area (Å²) < 4.78 is 11.1. The number of nitrogens with zero attached hydrogens (tertiary/aromatic N) is 1. The lowest BCUT2D eigenvalue weighted by Gasteiger charge is -2.22. The van der Waals surface area contributed by atoms with Crippen molar-refractivity contribution in [3.05, 3.63) is 22.4 Å². The Morgan fingerprint density at radius 2 is 2.10 bits per heavy atom. The van der Waals surface area contributed by atoms with E-state index >= 15 is 0 Å². The third-order valence-electron chi connectivity index (χ3n) is 2.40. The molecule has 1 heterocycles. The fourth-order valence-corrected chi connectivity index (χ4v) is 1.63. The summed E-state index contributed by atoms with van der Waals surface area (Å²) >= 11 is 3.35. The van der Waals surface area contributed by atoms with Crippen molar-refractivity contribution in [1.29, 1.82) is 0 Å². The molecule has 0 aromatic heterocycles. The molecular formula is C14H23BrN2O3. The van der Waals surface area contributed by atoms with Crippen LogP contribution in [0.15, 0.2) is 27.4 Å². The highest BCUT2D eigenvalue weighted by Gasteiger charge is 2.30. The van der Waals surface area contributed by atoms with Gasteiger partial charge in [-0.2, -0.15) is 0 Å². The molecule has 0 aliphatic carbocycles. The van der Waals surface area contributed by atoms with Gasteiger partial charge in [-0.1, -0.05) is 29.8 Å². The highest BCUT2D eigenvalue weighted by atomic mass is 79.9. The quantitative estimate of drug-likeness (QED) is 0.794. The normalized spacial score (nSPS) is 14.8. The summed E-state index contributed by atoms with van der Waals surface area (Å²) in [5, 5.41) is 0. The lowest BCUT2D eigenvalue weighted by molar-refractivity contribution is -0.153. The van der Waals surface area contributed by atoms with E-state index in [1.54, 1.807) is 19.9 Å². The predicted octanol–water partition coefficient (Wildman–Crippen LogP) is 2.76. The molecule has 0 spiro atoms. The Hall–Kier alpha value is -1.30. The Bertz CT molecular complexity index is 426. The van der Waals surface area contributed by atoms with Crippen molar-refractivity contribution in [3.63, 3.8) is 0 Å². The van der Waals surface area contributed by atoms with E-state index in [1.807, 2.05) is 19.9 Å². The molecule has 0 atom stereocenters. The third-order valence-corrected chi connectivity index (χ3v) is 2.95. The molecule has 1 aliphatic heterocycles. The summed E-state index contributed by atoms with van der Waals surface area (Å²) in [6, 6.07) is 0. The SMILES string of the molecule is CC.COC(=O)C(C)(C)COC1=CC(Br)=CCN=C1N. The molecular weight excluding hydrogens is 324 g/mol. The molecule has 2 N–H and O–H groups in total. The van der Waals surface area contributed by atoms with Gasteiger partial charge in [0.25, 0.3) is 0 Å². The van der Waals surface area contributed by atoms with E-state index in [-0.39, 0.29) is 12.6 Å². The molecule has 0 aromatic rings. The molecule has 6 heteroatoms. The maximum absolute atomic E-state index is 11.5. The van der Waals surface area contributed by atoms with Crippen LogP contribution in [0, 0.1) is 5.41 Å². The van der Waals surface area contributed by atoms with E-state index in [1.165, 1.54) is 7.11 Å². The van der Waals surface area contributed by atoms with Crippen molar-refractivity contribution < 1.29 is 14.3 Å². The number of aliphatic imine (C=N–C) groups is 1. The van der Waals surface area contributed by atoms with Crippen molar-refractivity contribution >= 4 is 27.7 Å². The average Bonchev–Trinajstić information content (AvgIpc) is 2.59. The molecule has 1 aliphatic rings. The topological polar surface area (TPSA) is 73.9 Å². The number of rotatable bonds is 4. The number of ether oxygens (including phenoxy) is 2. The van der Waals surface area contributed by atoms with Crippen LogP contribution in [0.25, 0.3) is 0 Å².